The number of carbonyl (C=O) groups is 3. The Morgan fingerprint density at radius 2 is 1.78 bits per heavy atom. The fourth-order valence-electron chi connectivity index (χ4n) is 6.90. The first kappa shape index (κ1) is 29.4. The second kappa shape index (κ2) is 12.0. The fourth-order valence-corrected chi connectivity index (χ4v) is 7.08. The van der Waals surface area contributed by atoms with Crippen molar-refractivity contribution < 1.29 is 29.0 Å². The van der Waals surface area contributed by atoms with Gasteiger partial charge in [-0.3, -0.25) is 14.4 Å². The number of nitrogens with one attached hydrogen (secondary N) is 2. The van der Waals surface area contributed by atoms with E-state index in [1.807, 2.05) is 13.8 Å². The van der Waals surface area contributed by atoms with Gasteiger partial charge in [0.2, 0.25) is 17.7 Å². The summed E-state index contributed by atoms with van der Waals surface area (Å²) >= 11 is 6.34. The number of amides is 3. The fraction of sp³-hybridized carbons (Fsp3) is 0.516. The number of ether oxygens (including phenoxy) is 2. The van der Waals surface area contributed by atoms with Gasteiger partial charge in [-0.05, 0) is 75.9 Å². The van der Waals surface area contributed by atoms with Crippen LogP contribution in [0.5, 0.6) is 5.75 Å². The van der Waals surface area contributed by atoms with E-state index >= 15 is 0 Å². The predicted molar refractivity (Wildman–Crippen MR) is 156 cm³/mol. The highest BCUT2D eigenvalue weighted by atomic mass is 35.5. The van der Waals surface area contributed by atoms with Crippen LogP contribution in [-0.4, -0.2) is 64.7 Å². The van der Waals surface area contributed by atoms with Gasteiger partial charge in [0.05, 0.1) is 34.8 Å². The molecule has 0 radical (unpaired) electrons. The molecule has 2 bridgehead atoms. The Kier molecular flexibility index (Phi) is 8.59. The summed E-state index contributed by atoms with van der Waals surface area (Å²) in [4.78, 5) is 43.5. The molecule has 0 aromatic heterocycles. The van der Waals surface area contributed by atoms with Crippen molar-refractivity contribution in [3.8, 4) is 5.75 Å². The molecule has 220 valence electrons. The summed E-state index contributed by atoms with van der Waals surface area (Å²) in [7, 11) is 0. The number of fused-ring (bicyclic) bond motifs is 1. The van der Waals surface area contributed by atoms with Crippen molar-refractivity contribution in [2.75, 3.05) is 30.4 Å². The number of hydrogen-bond donors (Lipinski definition) is 3. The third-order valence-corrected chi connectivity index (χ3v) is 9.01. The van der Waals surface area contributed by atoms with Crippen molar-refractivity contribution in [3.05, 3.63) is 53.6 Å². The number of benzene rings is 2. The summed E-state index contributed by atoms with van der Waals surface area (Å²) in [6.45, 7) is 4.79. The van der Waals surface area contributed by atoms with Gasteiger partial charge in [-0.15, -0.1) is 0 Å². The molecule has 0 saturated carbocycles. The maximum Gasteiger partial charge on any atom is 0.250 e. The minimum atomic E-state index is -1.12. The Morgan fingerprint density at radius 3 is 2.49 bits per heavy atom. The topological polar surface area (TPSA) is 117 Å². The standard InChI is InChI=1S/C31H38ClN3O6/c1-3-40-21-14-12-20(13-15-21)33-27(37)24-25-29(39)35(18-8-4-5-9-19-36)26(31(25)17-16-30(24,2)41-31)28(38)34-23-11-7-6-10-22(23)32/h6-7,10-15,24-26,36H,3-5,8-9,16-19H2,1-2H3,(H,33,37)(H,34,38)/t24-,25+,26?,30+,31?/m1/s1. The molecular weight excluding hydrogens is 546 g/mol. The SMILES string of the molecule is CCOc1ccc(NC(=O)[C@H]2[C@H]3C(=O)N(CCCCCCO)C(C(=O)Nc4ccccc4Cl)C34CC[C@]2(C)O4)cc1. The van der Waals surface area contributed by atoms with E-state index in [-0.39, 0.29) is 24.3 Å². The molecule has 2 unspecified atom stereocenters. The van der Waals surface area contributed by atoms with Crippen LogP contribution in [0.4, 0.5) is 11.4 Å². The van der Waals surface area contributed by atoms with E-state index in [1.54, 1.807) is 53.4 Å². The highest BCUT2D eigenvalue weighted by Crippen LogP contribution is 2.63. The maximum atomic E-state index is 14.2. The van der Waals surface area contributed by atoms with Crippen molar-refractivity contribution in [1.82, 2.24) is 4.90 Å². The van der Waals surface area contributed by atoms with Gasteiger partial charge in [-0.1, -0.05) is 36.6 Å². The summed E-state index contributed by atoms with van der Waals surface area (Å²) < 4.78 is 12.2. The Balaban J connectivity index is 1.43. The number of hydrogen-bond acceptors (Lipinski definition) is 6. The van der Waals surface area contributed by atoms with E-state index in [0.29, 0.717) is 61.0 Å². The Bertz CT molecular complexity index is 1290. The maximum absolute atomic E-state index is 14.2. The normalized spacial score (nSPS) is 28.0. The number of para-hydroxylation sites is 1. The van der Waals surface area contributed by atoms with Gasteiger partial charge in [-0.2, -0.15) is 0 Å². The van der Waals surface area contributed by atoms with Gasteiger partial charge in [0.25, 0.3) is 0 Å². The molecule has 3 aliphatic heterocycles. The van der Waals surface area contributed by atoms with Crippen LogP contribution in [0.25, 0.3) is 0 Å². The first-order chi connectivity index (χ1) is 19.7. The summed E-state index contributed by atoms with van der Waals surface area (Å²) in [5.41, 5.74) is -0.953. The average Bonchev–Trinajstić information content (AvgIpc) is 3.51. The first-order valence-electron chi connectivity index (χ1n) is 14.4. The summed E-state index contributed by atoms with van der Waals surface area (Å²) in [6.07, 6.45) is 4.04. The average molecular weight is 584 g/mol. The molecule has 2 aromatic carbocycles. The minimum absolute atomic E-state index is 0.119. The van der Waals surface area contributed by atoms with Crippen LogP contribution in [0.1, 0.15) is 52.4 Å². The molecule has 41 heavy (non-hydrogen) atoms. The van der Waals surface area contributed by atoms with Crippen molar-refractivity contribution >= 4 is 40.7 Å². The molecule has 9 nitrogen and oxygen atoms in total. The van der Waals surface area contributed by atoms with Gasteiger partial charge >= 0.3 is 0 Å². The largest absolute Gasteiger partial charge is 0.494 e. The zero-order valence-electron chi connectivity index (χ0n) is 23.5. The number of halogens is 1. The number of nitrogens with zero attached hydrogens (tertiary/aromatic N) is 1. The lowest BCUT2D eigenvalue weighted by Crippen LogP contribution is -2.53. The Morgan fingerprint density at radius 1 is 1.05 bits per heavy atom. The first-order valence-corrected chi connectivity index (χ1v) is 14.8. The van der Waals surface area contributed by atoms with Crippen LogP contribution in [0, 0.1) is 11.8 Å². The van der Waals surface area contributed by atoms with Gasteiger partial charge in [0.15, 0.2) is 0 Å². The number of likely N-dealkylation sites (tertiary alicyclic amines) is 1. The summed E-state index contributed by atoms with van der Waals surface area (Å²) in [5.74, 6) is -1.75. The minimum Gasteiger partial charge on any atom is -0.494 e. The highest BCUT2D eigenvalue weighted by Gasteiger charge is 2.77. The number of aliphatic hydroxyl groups excluding tert-OH is 1. The lowest BCUT2D eigenvalue weighted by Gasteiger charge is -2.33. The van der Waals surface area contributed by atoms with Crippen molar-refractivity contribution in [1.29, 1.82) is 0 Å². The Hall–Kier alpha value is -3.14. The number of carbonyl (C=O) groups excluding carboxylic acids is 3. The smallest absolute Gasteiger partial charge is 0.250 e. The molecule has 3 saturated heterocycles. The van der Waals surface area contributed by atoms with Gasteiger partial charge < -0.3 is 30.1 Å². The van der Waals surface area contributed by atoms with Crippen molar-refractivity contribution in [2.24, 2.45) is 11.8 Å². The van der Waals surface area contributed by atoms with Crippen LogP contribution in [0.15, 0.2) is 48.5 Å². The van der Waals surface area contributed by atoms with Gasteiger partial charge in [-0.25, -0.2) is 0 Å². The van der Waals surface area contributed by atoms with Crippen molar-refractivity contribution in [3.63, 3.8) is 0 Å². The van der Waals surface area contributed by atoms with Crippen LogP contribution < -0.4 is 15.4 Å². The molecular formula is C31H38ClN3O6. The van der Waals surface area contributed by atoms with E-state index in [0.717, 1.165) is 12.8 Å². The second-order valence-electron chi connectivity index (χ2n) is 11.3. The van der Waals surface area contributed by atoms with Gasteiger partial charge in [0, 0.05) is 18.8 Å². The number of aliphatic hydroxyl groups is 1. The lowest BCUT2D eigenvalue weighted by molar-refractivity contribution is -0.143. The predicted octanol–water partition coefficient (Wildman–Crippen LogP) is 4.63. The monoisotopic (exact) mass is 583 g/mol. The zero-order chi connectivity index (χ0) is 29.2. The molecule has 3 heterocycles. The van der Waals surface area contributed by atoms with Crippen LogP contribution in [0.2, 0.25) is 5.02 Å². The molecule has 10 heteroatoms. The van der Waals surface area contributed by atoms with Crippen LogP contribution >= 0.6 is 11.6 Å². The quantitative estimate of drug-likeness (QED) is 0.314. The van der Waals surface area contributed by atoms with E-state index in [9.17, 15) is 14.4 Å². The summed E-state index contributed by atoms with van der Waals surface area (Å²) in [5, 5.41) is 15.4. The highest BCUT2D eigenvalue weighted by molar-refractivity contribution is 6.33. The summed E-state index contributed by atoms with van der Waals surface area (Å²) in [6, 6.07) is 13.2. The van der Waals surface area contributed by atoms with E-state index in [4.69, 9.17) is 26.2 Å². The van der Waals surface area contributed by atoms with Gasteiger partial charge in [0.1, 0.15) is 17.4 Å². The van der Waals surface area contributed by atoms with Crippen LogP contribution in [-0.2, 0) is 19.1 Å². The molecule has 1 spiro atoms. The zero-order valence-corrected chi connectivity index (χ0v) is 24.3. The second-order valence-corrected chi connectivity index (χ2v) is 11.7. The van der Waals surface area contributed by atoms with Crippen molar-refractivity contribution in [2.45, 2.75) is 69.6 Å². The van der Waals surface area contributed by atoms with Crippen LogP contribution in [0.3, 0.4) is 0 Å². The molecule has 3 N–H and O–H groups in total. The van der Waals surface area contributed by atoms with E-state index in [1.165, 1.54) is 0 Å². The molecule has 0 aliphatic carbocycles. The molecule has 5 atom stereocenters. The van der Waals surface area contributed by atoms with E-state index < -0.39 is 29.1 Å². The lowest BCUT2D eigenvalue weighted by atomic mass is 9.66. The molecule has 2 aromatic rings. The number of anilines is 2. The Labute approximate surface area is 245 Å². The molecule has 3 aliphatic rings. The van der Waals surface area contributed by atoms with E-state index in [2.05, 4.69) is 10.6 Å². The molecule has 5 rings (SSSR count). The molecule has 3 fully saturated rings. The number of unbranched alkanes of at least 4 members (excludes halogenated alkanes) is 3. The third kappa shape index (κ3) is 5.43. The molecule has 3 amide bonds. The third-order valence-electron chi connectivity index (χ3n) is 8.68. The number of rotatable bonds is 12.